The van der Waals surface area contributed by atoms with Gasteiger partial charge in [0, 0.05) is 16.8 Å². The molecular weight excluding hydrogens is 402 g/mol. The number of anilines is 1. The van der Waals surface area contributed by atoms with Crippen LogP contribution in [0.2, 0.25) is 0 Å². The largest absolute Gasteiger partial charge is 0.343 e. The maximum Gasteiger partial charge on any atom is 0.157 e. The Kier molecular flexibility index (Phi) is 7.31. The van der Waals surface area contributed by atoms with Gasteiger partial charge in [0.2, 0.25) is 0 Å². The average molecular weight is 434 g/mol. The number of rotatable bonds is 9. The summed E-state index contributed by atoms with van der Waals surface area (Å²) >= 11 is 0. The molecule has 0 radical (unpaired) electrons. The zero-order valence-electron chi connectivity index (χ0n) is 19.5. The monoisotopic (exact) mass is 433 g/mol. The average Bonchev–Trinajstić information content (AvgIpc) is 2.85. The van der Waals surface area contributed by atoms with Gasteiger partial charge in [-0.3, -0.25) is 0 Å². The minimum atomic E-state index is 0.765. The molecule has 4 aromatic rings. The van der Waals surface area contributed by atoms with E-state index in [-0.39, 0.29) is 0 Å². The van der Waals surface area contributed by atoms with Crippen LogP contribution in [0.3, 0.4) is 0 Å². The Labute approximate surface area is 197 Å². The van der Waals surface area contributed by atoms with Crippen molar-refractivity contribution in [2.45, 2.75) is 39.5 Å². The first-order chi connectivity index (χ1) is 16.2. The van der Waals surface area contributed by atoms with Gasteiger partial charge in [-0.1, -0.05) is 98.4 Å². The summed E-state index contributed by atoms with van der Waals surface area (Å²) in [6.45, 7) is 8.48. The molecule has 0 aliphatic carbocycles. The Morgan fingerprint density at radius 1 is 0.818 bits per heavy atom. The van der Waals surface area contributed by atoms with E-state index in [1.165, 1.54) is 11.1 Å². The van der Waals surface area contributed by atoms with Gasteiger partial charge in [0.05, 0.1) is 11.4 Å². The molecule has 0 aliphatic heterocycles. The number of aryl methyl sites for hydroxylation is 3. The molecule has 0 bridgehead atoms. The molecule has 4 rings (SSSR count). The molecule has 1 N–H and O–H groups in total. The van der Waals surface area contributed by atoms with Crippen molar-refractivity contribution in [1.82, 2.24) is 9.97 Å². The SMILES string of the molecule is C=C(CCCc1ccccc1)Nc1nc(C)c(-c2ccccc2CC)nc1-c1ccccc1. The van der Waals surface area contributed by atoms with E-state index in [4.69, 9.17) is 9.97 Å². The molecule has 0 saturated heterocycles. The first kappa shape index (κ1) is 22.5. The molecule has 0 spiro atoms. The van der Waals surface area contributed by atoms with Crippen LogP contribution in [0.25, 0.3) is 22.5 Å². The van der Waals surface area contributed by atoms with E-state index in [1.54, 1.807) is 0 Å². The second-order valence-electron chi connectivity index (χ2n) is 8.30. The molecular formula is C30H31N3. The zero-order chi connectivity index (χ0) is 23.0. The van der Waals surface area contributed by atoms with E-state index in [0.717, 1.165) is 65.4 Å². The lowest BCUT2D eigenvalue weighted by atomic mass is 10.0. The lowest BCUT2D eigenvalue weighted by molar-refractivity contribution is 0.815. The van der Waals surface area contributed by atoms with E-state index in [1.807, 2.05) is 25.1 Å². The number of aromatic nitrogens is 2. The molecule has 0 fully saturated rings. The summed E-state index contributed by atoms with van der Waals surface area (Å²) in [6.07, 6.45) is 3.90. The zero-order valence-corrected chi connectivity index (χ0v) is 19.5. The van der Waals surface area contributed by atoms with Gasteiger partial charge in [-0.05, 0) is 43.7 Å². The number of hydrogen-bond donors (Lipinski definition) is 1. The fourth-order valence-electron chi connectivity index (χ4n) is 4.10. The van der Waals surface area contributed by atoms with E-state index >= 15 is 0 Å². The highest BCUT2D eigenvalue weighted by atomic mass is 15.0. The number of benzene rings is 3. The van der Waals surface area contributed by atoms with Crippen molar-refractivity contribution in [3.63, 3.8) is 0 Å². The van der Waals surface area contributed by atoms with Crippen molar-refractivity contribution in [1.29, 1.82) is 0 Å². The van der Waals surface area contributed by atoms with Crippen LogP contribution < -0.4 is 5.32 Å². The molecule has 3 heteroatoms. The van der Waals surface area contributed by atoms with Crippen molar-refractivity contribution < 1.29 is 0 Å². The third-order valence-electron chi connectivity index (χ3n) is 5.85. The summed E-state index contributed by atoms with van der Waals surface area (Å²) in [4.78, 5) is 10.1. The predicted molar refractivity (Wildman–Crippen MR) is 139 cm³/mol. The molecule has 1 heterocycles. The summed E-state index contributed by atoms with van der Waals surface area (Å²) in [5.41, 5.74) is 8.48. The molecule has 166 valence electrons. The topological polar surface area (TPSA) is 37.8 Å². The molecule has 0 unspecified atom stereocenters. The van der Waals surface area contributed by atoms with Crippen LogP contribution in [-0.4, -0.2) is 9.97 Å². The first-order valence-electron chi connectivity index (χ1n) is 11.7. The van der Waals surface area contributed by atoms with Gasteiger partial charge < -0.3 is 5.32 Å². The Hall–Kier alpha value is -3.72. The molecule has 1 aromatic heterocycles. The number of allylic oxidation sites excluding steroid dienone is 1. The van der Waals surface area contributed by atoms with Gasteiger partial charge in [0.1, 0.15) is 5.69 Å². The van der Waals surface area contributed by atoms with Crippen molar-refractivity contribution >= 4 is 5.82 Å². The van der Waals surface area contributed by atoms with Crippen LogP contribution in [0.1, 0.15) is 36.6 Å². The van der Waals surface area contributed by atoms with Crippen LogP contribution in [0.4, 0.5) is 5.82 Å². The molecule has 0 amide bonds. The summed E-state index contributed by atoms with van der Waals surface area (Å²) in [5, 5.41) is 3.48. The Morgan fingerprint density at radius 2 is 1.48 bits per heavy atom. The van der Waals surface area contributed by atoms with E-state index in [9.17, 15) is 0 Å². The number of nitrogens with zero attached hydrogens (tertiary/aromatic N) is 2. The second kappa shape index (κ2) is 10.7. The third-order valence-corrected chi connectivity index (χ3v) is 5.85. The fraction of sp³-hybridized carbons (Fsp3) is 0.200. The van der Waals surface area contributed by atoms with Crippen molar-refractivity contribution in [2.24, 2.45) is 0 Å². The standard InChI is InChI=1S/C30H31N3/c1-4-25-18-11-12-21-27(25)28-23(3)32-30(29(33-28)26-19-9-6-10-20-26)31-22(2)14-13-17-24-15-7-5-8-16-24/h5-12,15-16,18-21H,2,4,13-14,17H2,1,3H3,(H,31,32). The van der Waals surface area contributed by atoms with Crippen LogP contribution >= 0.6 is 0 Å². The van der Waals surface area contributed by atoms with E-state index < -0.39 is 0 Å². The number of hydrogen-bond acceptors (Lipinski definition) is 3. The van der Waals surface area contributed by atoms with Gasteiger partial charge in [0.15, 0.2) is 5.82 Å². The molecule has 3 aromatic carbocycles. The Balaban J connectivity index is 1.62. The quantitative estimate of drug-likeness (QED) is 0.295. The van der Waals surface area contributed by atoms with Crippen LogP contribution in [-0.2, 0) is 12.8 Å². The lowest BCUT2D eigenvalue weighted by Gasteiger charge is -2.17. The van der Waals surface area contributed by atoms with Gasteiger partial charge in [0.25, 0.3) is 0 Å². The molecule has 0 saturated carbocycles. The molecule has 0 aliphatic rings. The summed E-state index contributed by atoms with van der Waals surface area (Å²) in [7, 11) is 0. The molecule has 33 heavy (non-hydrogen) atoms. The van der Waals surface area contributed by atoms with Crippen LogP contribution in [0.15, 0.2) is 97.2 Å². The summed E-state index contributed by atoms with van der Waals surface area (Å²) < 4.78 is 0. The third kappa shape index (κ3) is 5.56. The highest BCUT2D eigenvalue weighted by Gasteiger charge is 2.16. The first-order valence-corrected chi connectivity index (χ1v) is 11.7. The van der Waals surface area contributed by atoms with Crippen molar-refractivity contribution in [3.8, 4) is 22.5 Å². The summed E-state index contributed by atoms with van der Waals surface area (Å²) in [6, 6.07) is 29.3. The normalized spacial score (nSPS) is 10.7. The second-order valence-corrected chi connectivity index (χ2v) is 8.30. The van der Waals surface area contributed by atoms with E-state index in [2.05, 4.69) is 85.5 Å². The predicted octanol–water partition coefficient (Wildman–Crippen LogP) is 7.63. The van der Waals surface area contributed by atoms with Gasteiger partial charge in [-0.2, -0.15) is 0 Å². The lowest BCUT2D eigenvalue weighted by Crippen LogP contribution is -2.07. The van der Waals surface area contributed by atoms with Gasteiger partial charge >= 0.3 is 0 Å². The smallest absolute Gasteiger partial charge is 0.157 e. The summed E-state index contributed by atoms with van der Waals surface area (Å²) in [5.74, 6) is 0.765. The Morgan fingerprint density at radius 3 is 2.21 bits per heavy atom. The van der Waals surface area contributed by atoms with Crippen LogP contribution in [0, 0.1) is 6.92 Å². The highest BCUT2D eigenvalue weighted by Crippen LogP contribution is 2.32. The fourth-order valence-corrected chi connectivity index (χ4v) is 4.10. The van der Waals surface area contributed by atoms with E-state index in [0.29, 0.717) is 0 Å². The van der Waals surface area contributed by atoms with Gasteiger partial charge in [-0.15, -0.1) is 0 Å². The van der Waals surface area contributed by atoms with Crippen molar-refractivity contribution in [3.05, 3.63) is 114 Å². The maximum absolute atomic E-state index is 5.14. The minimum absolute atomic E-state index is 0.765. The van der Waals surface area contributed by atoms with Gasteiger partial charge in [-0.25, -0.2) is 9.97 Å². The van der Waals surface area contributed by atoms with Crippen LogP contribution in [0.5, 0.6) is 0 Å². The number of nitrogens with one attached hydrogen (secondary N) is 1. The molecule has 3 nitrogen and oxygen atoms in total. The minimum Gasteiger partial charge on any atom is -0.343 e. The molecule has 0 atom stereocenters. The maximum atomic E-state index is 5.14. The van der Waals surface area contributed by atoms with Crippen molar-refractivity contribution in [2.75, 3.05) is 5.32 Å². The Bertz CT molecular complexity index is 1210. The highest BCUT2D eigenvalue weighted by molar-refractivity contribution is 5.77.